The molecular formula is C17H13N4O10S3. The molecule has 0 heterocycles. The molecule has 0 saturated carbocycles. The highest BCUT2D eigenvalue weighted by Gasteiger charge is 2.24. The molecule has 3 aromatic rings. The fourth-order valence-corrected chi connectivity index (χ4v) is 4.80. The second-order valence-corrected chi connectivity index (χ2v) is 10.7. The van der Waals surface area contributed by atoms with E-state index in [0.29, 0.717) is 12.1 Å². The number of nitrogens with one attached hydrogen (secondary N) is 1. The SMILES string of the molecule is NC(=O)Nc1c[c]ccc1/N=N/c1cc2c(S(=O)(=O)O)cc(S(=O)(=O)O)cc2cc1S(=O)(=O)O. The summed E-state index contributed by atoms with van der Waals surface area (Å²) in [6, 6.07) is 8.28. The van der Waals surface area contributed by atoms with Gasteiger partial charge in [-0.25, -0.2) is 4.79 Å². The second-order valence-electron chi connectivity index (χ2n) is 6.52. The van der Waals surface area contributed by atoms with Crippen LogP contribution < -0.4 is 11.1 Å². The summed E-state index contributed by atoms with van der Waals surface area (Å²) in [7, 11) is -15.1. The number of carbonyl (C=O) groups excluding carboxylic acids is 1. The van der Waals surface area contributed by atoms with Crippen molar-refractivity contribution in [2.45, 2.75) is 14.7 Å². The van der Waals surface area contributed by atoms with Crippen molar-refractivity contribution in [2.24, 2.45) is 16.0 Å². The molecule has 0 atom stereocenters. The highest BCUT2D eigenvalue weighted by atomic mass is 32.2. The van der Waals surface area contributed by atoms with E-state index < -0.39 is 67.5 Å². The van der Waals surface area contributed by atoms with Gasteiger partial charge in [-0.15, -0.1) is 10.2 Å². The summed E-state index contributed by atoms with van der Waals surface area (Å²) in [5.74, 6) is 0. The highest BCUT2D eigenvalue weighted by molar-refractivity contribution is 7.87. The quantitative estimate of drug-likeness (QED) is 0.230. The Morgan fingerprint density at radius 3 is 2.03 bits per heavy atom. The predicted octanol–water partition coefficient (Wildman–Crippen LogP) is 2.29. The Balaban J connectivity index is 2.35. The average Bonchev–Trinajstić information content (AvgIpc) is 2.69. The molecule has 34 heavy (non-hydrogen) atoms. The highest BCUT2D eigenvalue weighted by Crippen LogP contribution is 2.36. The molecule has 0 unspecified atom stereocenters. The number of primary amides is 1. The molecule has 0 bridgehead atoms. The number of urea groups is 1. The van der Waals surface area contributed by atoms with E-state index in [0.717, 1.165) is 12.1 Å². The number of amides is 2. The van der Waals surface area contributed by atoms with Crippen molar-refractivity contribution >= 4 is 64.2 Å². The first-order valence-corrected chi connectivity index (χ1v) is 12.9. The molecule has 14 nitrogen and oxygen atoms in total. The van der Waals surface area contributed by atoms with Crippen LogP contribution in [0.3, 0.4) is 0 Å². The topological polar surface area (TPSA) is 243 Å². The Hall–Kier alpha value is -3.48. The van der Waals surface area contributed by atoms with Crippen molar-refractivity contribution in [3.05, 3.63) is 48.5 Å². The van der Waals surface area contributed by atoms with E-state index in [1.807, 2.05) is 0 Å². The number of nitrogens with two attached hydrogens (primary N) is 1. The zero-order chi connectivity index (χ0) is 25.5. The number of hydrogen-bond acceptors (Lipinski definition) is 9. The number of azo groups is 1. The van der Waals surface area contributed by atoms with Crippen LogP contribution in [0.2, 0.25) is 0 Å². The smallest absolute Gasteiger partial charge is 0.316 e. The molecule has 0 aliphatic heterocycles. The van der Waals surface area contributed by atoms with E-state index >= 15 is 0 Å². The zero-order valence-corrected chi connectivity index (χ0v) is 18.9. The number of hydrogen-bond donors (Lipinski definition) is 5. The van der Waals surface area contributed by atoms with E-state index in [1.165, 1.54) is 18.2 Å². The third kappa shape index (κ3) is 5.53. The Morgan fingerprint density at radius 2 is 1.47 bits per heavy atom. The average molecular weight is 530 g/mol. The van der Waals surface area contributed by atoms with Crippen molar-refractivity contribution in [1.29, 1.82) is 0 Å². The van der Waals surface area contributed by atoms with Crippen molar-refractivity contribution in [2.75, 3.05) is 5.32 Å². The minimum absolute atomic E-state index is 0.0318. The van der Waals surface area contributed by atoms with Gasteiger partial charge in [0.1, 0.15) is 21.2 Å². The molecule has 3 rings (SSSR count). The molecule has 179 valence electrons. The monoisotopic (exact) mass is 529 g/mol. The number of fused-ring (bicyclic) bond motifs is 1. The Bertz CT molecular complexity index is 1680. The largest absolute Gasteiger partial charge is 0.351 e. The van der Waals surface area contributed by atoms with E-state index in [2.05, 4.69) is 21.6 Å². The molecule has 17 heteroatoms. The lowest BCUT2D eigenvalue weighted by Crippen LogP contribution is -2.19. The van der Waals surface area contributed by atoms with Crippen LogP contribution in [-0.4, -0.2) is 44.9 Å². The summed E-state index contributed by atoms with van der Waals surface area (Å²) in [6.45, 7) is 0. The maximum Gasteiger partial charge on any atom is 0.316 e. The minimum atomic E-state index is -5.09. The van der Waals surface area contributed by atoms with Crippen LogP contribution in [0.4, 0.5) is 21.9 Å². The van der Waals surface area contributed by atoms with Crippen LogP contribution in [0.1, 0.15) is 0 Å². The van der Waals surface area contributed by atoms with Crippen LogP contribution >= 0.6 is 0 Å². The van der Waals surface area contributed by atoms with E-state index in [4.69, 9.17) is 5.73 Å². The van der Waals surface area contributed by atoms with Gasteiger partial charge in [0.05, 0.1) is 10.6 Å². The van der Waals surface area contributed by atoms with Crippen molar-refractivity contribution in [3.63, 3.8) is 0 Å². The fourth-order valence-electron chi connectivity index (χ4n) is 2.82. The third-order valence-corrected chi connectivity index (χ3v) is 6.79. The van der Waals surface area contributed by atoms with Gasteiger partial charge >= 0.3 is 6.03 Å². The summed E-state index contributed by atoms with van der Waals surface area (Å²) in [4.78, 5) is 8.25. The molecule has 0 saturated heterocycles. The van der Waals surface area contributed by atoms with Crippen LogP contribution in [0, 0.1) is 6.07 Å². The zero-order valence-electron chi connectivity index (χ0n) is 16.4. The standard InChI is InChI=1S/C17H13N4O10S3/c18-17(22)19-12-3-1-2-4-13(12)20-21-14-8-11-9(6-16(14)34(29,30)31)5-10(32(23,24)25)7-15(11)33(26,27)28/h2-8H,(H3,18,19,22)(H,23,24,25)(H,26,27,28)(H,29,30,31)/b21-20+. The summed E-state index contributed by atoms with van der Waals surface area (Å²) in [5.41, 5.74) is 4.44. The summed E-state index contributed by atoms with van der Waals surface area (Å²) in [6.07, 6.45) is 0. The molecule has 3 aromatic carbocycles. The minimum Gasteiger partial charge on any atom is -0.351 e. The van der Waals surface area contributed by atoms with Gasteiger partial charge < -0.3 is 11.1 Å². The van der Waals surface area contributed by atoms with Gasteiger partial charge in [-0.2, -0.15) is 25.3 Å². The third-order valence-electron chi connectivity index (χ3n) is 4.19. The van der Waals surface area contributed by atoms with Gasteiger partial charge in [-0.05, 0) is 47.9 Å². The molecular weight excluding hydrogens is 516 g/mol. The molecule has 1 radical (unpaired) electrons. The molecule has 0 spiro atoms. The Kier molecular flexibility index (Phi) is 6.44. The summed E-state index contributed by atoms with van der Waals surface area (Å²) < 4.78 is 99.0. The predicted molar refractivity (Wildman–Crippen MR) is 116 cm³/mol. The molecule has 0 fully saturated rings. The molecule has 0 aliphatic rings. The Morgan fingerprint density at radius 1 is 0.853 bits per heavy atom. The summed E-state index contributed by atoms with van der Waals surface area (Å²) in [5, 5.41) is 8.88. The van der Waals surface area contributed by atoms with Crippen LogP contribution in [0.15, 0.2) is 67.4 Å². The molecule has 0 aliphatic carbocycles. The van der Waals surface area contributed by atoms with Crippen LogP contribution in [0.25, 0.3) is 10.8 Å². The first-order valence-electron chi connectivity index (χ1n) is 8.60. The first-order chi connectivity index (χ1) is 15.6. The van der Waals surface area contributed by atoms with Crippen molar-refractivity contribution in [1.82, 2.24) is 0 Å². The number of nitrogens with zero attached hydrogens (tertiary/aromatic N) is 2. The molecule has 6 N–H and O–H groups in total. The normalized spacial score (nSPS) is 12.8. The fraction of sp³-hybridized carbons (Fsp3) is 0. The van der Waals surface area contributed by atoms with Gasteiger partial charge in [-0.1, -0.05) is 6.07 Å². The van der Waals surface area contributed by atoms with Crippen molar-refractivity contribution in [3.8, 4) is 0 Å². The van der Waals surface area contributed by atoms with E-state index in [-0.39, 0.29) is 11.4 Å². The lowest BCUT2D eigenvalue weighted by Gasteiger charge is -2.10. The van der Waals surface area contributed by atoms with Crippen LogP contribution in [-0.2, 0) is 30.4 Å². The number of benzene rings is 3. The van der Waals surface area contributed by atoms with Gasteiger partial charge in [-0.3, -0.25) is 13.7 Å². The maximum absolute atomic E-state index is 11.9. The van der Waals surface area contributed by atoms with Gasteiger partial charge in [0.25, 0.3) is 30.4 Å². The second kappa shape index (κ2) is 8.70. The number of carbonyl (C=O) groups is 1. The van der Waals surface area contributed by atoms with Crippen molar-refractivity contribution < 1.29 is 43.7 Å². The lowest BCUT2D eigenvalue weighted by molar-refractivity contribution is 0.259. The number of rotatable bonds is 6. The van der Waals surface area contributed by atoms with Crippen LogP contribution in [0.5, 0.6) is 0 Å². The Labute approximate surface area is 192 Å². The lowest BCUT2D eigenvalue weighted by atomic mass is 10.1. The van der Waals surface area contributed by atoms with E-state index in [9.17, 15) is 43.7 Å². The van der Waals surface area contributed by atoms with Gasteiger partial charge in [0.15, 0.2) is 0 Å². The molecule has 0 aromatic heterocycles. The maximum atomic E-state index is 11.9. The van der Waals surface area contributed by atoms with E-state index in [1.54, 1.807) is 0 Å². The first kappa shape index (κ1) is 25.1. The van der Waals surface area contributed by atoms with Gasteiger partial charge in [0, 0.05) is 5.39 Å². The number of anilines is 1. The summed E-state index contributed by atoms with van der Waals surface area (Å²) >= 11 is 0. The van der Waals surface area contributed by atoms with Gasteiger partial charge in [0.2, 0.25) is 0 Å². The molecule has 2 amide bonds.